The number of anilines is 1. The number of carbonyl (C=O) groups excluding carboxylic acids is 2. The minimum atomic E-state index is -3.85. The largest absolute Gasteiger partial charge is 0.352 e. The Morgan fingerprint density at radius 1 is 0.927 bits per heavy atom. The topological polar surface area (TPSA) is 86.8 Å². The Morgan fingerprint density at radius 3 is 2.22 bits per heavy atom. The minimum absolute atomic E-state index is 0.0194. The van der Waals surface area contributed by atoms with Crippen molar-refractivity contribution in [3.05, 3.63) is 99.0 Å². The van der Waals surface area contributed by atoms with Gasteiger partial charge in [-0.05, 0) is 67.6 Å². The second kappa shape index (κ2) is 14.2. The Kier molecular flexibility index (Phi) is 11.2. The smallest absolute Gasteiger partial charge is 0.244 e. The summed E-state index contributed by atoms with van der Waals surface area (Å²) >= 11 is 12.4. The van der Waals surface area contributed by atoms with E-state index in [1.807, 2.05) is 63.2 Å². The summed E-state index contributed by atoms with van der Waals surface area (Å²) in [4.78, 5) is 29.4. The second-order valence-electron chi connectivity index (χ2n) is 10.4. The maximum absolute atomic E-state index is 14.2. The summed E-state index contributed by atoms with van der Waals surface area (Å²) in [5.74, 6) is -0.850. The molecular weight excluding hydrogens is 581 g/mol. The average molecular weight is 619 g/mol. The lowest BCUT2D eigenvalue weighted by atomic mass is 10.0. The van der Waals surface area contributed by atoms with Crippen LogP contribution in [-0.4, -0.2) is 50.0 Å². The van der Waals surface area contributed by atoms with E-state index in [1.165, 1.54) is 4.90 Å². The fourth-order valence-corrected chi connectivity index (χ4v) is 5.63. The van der Waals surface area contributed by atoms with Crippen molar-refractivity contribution in [2.45, 2.75) is 59.2 Å². The molecule has 1 N–H and O–H groups in total. The molecule has 0 aliphatic carbocycles. The molecule has 10 heteroatoms. The van der Waals surface area contributed by atoms with Crippen molar-refractivity contribution in [1.29, 1.82) is 0 Å². The molecule has 2 atom stereocenters. The monoisotopic (exact) mass is 617 g/mol. The van der Waals surface area contributed by atoms with Crippen LogP contribution >= 0.6 is 23.2 Å². The molecule has 0 spiro atoms. The molecule has 220 valence electrons. The number of hydrogen-bond donors (Lipinski definition) is 1. The maximum Gasteiger partial charge on any atom is 0.244 e. The van der Waals surface area contributed by atoms with Gasteiger partial charge in [0.05, 0.1) is 22.0 Å². The highest BCUT2D eigenvalue weighted by Crippen LogP contribution is 2.27. The van der Waals surface area contributed by atoms with E-state index in [1.54, 1.807) is 31.2 Å². The number of aryl methyl sites for hydroxylation is 2. The lowest BCUT2D eigenvalue weighted by molar-refractivity contribution is -0.140. The van der Waals surface area contributed by atoms with Crippen LogP contribution in [0.25, 0.3) is 0 Å². The van der Waals surface area contributed by atoms with Gasteiger partial charge in [-0.3, -0.25) is 13.9 Å². The zero-order chi connectivity index (χ0) is 30.3. The summed E-state index contributed by atoms with van der Waals surface area (Å²) in [6.07, 6.45) is 2.01. The van der Waals surface area contributed by atoms with Crippen LogP contribution < -0.4 is 9.62 Å². The second-order valence-corrected chi connectivity index (χ2v) is 13.1. The summed E-state index contributed by atoms with van der Waals surface area (Å²) in [6.45, 7) is 7.05. The summed E-state index contributed by atoms with van der Waals surface area (Å²) in [7, 11) is -3.85. The molecule has 3 aromatic rings. The first-order valence-corrected chi connectivity index (χ1v) is 16.0. The van der Waals surface area contributed by atoms with Crippen molar-refractivity contribution < 1.29 is 18.0 Å². The predicted octanol–water partition coefficient (Wildman–Crippen LogP) is 5.93. The normalized spacial score (nSPS) is 12.9. The van der Waals surface area contributed by atoms with Gasteiger partial charge in [-0.1, -0.05) is 78.7 Å². The first-order valence-electron chi connectivity index (χ1n) is 13.4. The first kappa shape index (κ1) is 32.4. The van der Waals surface area contributed by atoms with Crippen LogP contribution in [-0.2, 0) is 32.6 Å². The van der Waals surface area contributed by atoms with E-state index in [0.717, 1.165) is 21.7 Å². The number of hydrogen-bond acceptors (Lipinski definition) is 4. The van der Waals surface area contributed by atoms with Crippen LogP contribution in [0.4, 0.5) is 5.69 Å². The Bertz CT molecular complexity index is 1480. The molecule has 0 saturated carbocycles. The molecule has 0 unspecified atom stereocenters. The zero-order valence-electron chi connectivity index (χ0n) is 24.0. The molecule has 3 aromatic carbocycles. The molecule has 0 aliphatic heterocycles. The van der Waals surface area contributed by atoms with Gasteiger partial charge < -0.3 is 10.2 Å². The SMILES string of the molecule is CC[C@@H](C)NC(=O)[C@H](Cc1ccccc1)N(Cc1ccc(Cl)c(Cl)c1)C(=O)CN(c1cc(C)ccc1C)S(C)(=O)=O. The number of nitrogens with zero attached hydrogens (tertiary/aromatic N) is 2. The third-order valence-corrected chi connectivity index (χ3v) is 8.79. The highest BCUT2D eigenvalue weighted by molar-refractivity contribution is 7.92. The average Bonchev–Trinajstić information content (AvgIpc) is 2.92. The van der Waals surface area contributed by atoms with E-state index >= 15 is 0 Å². The molecule has 2 amide bonds. The maximum atomic E-state index is 14.2. The third-order valence-electron chi connectivity index (χ3n) is 6.92. The Labute approximate surface area is 253 Å². The standard InChI is InChI=1S/C31H37Cl2N3O4S/c1-6-23(4)34-31(38)29(18-24-10-8-7-9-11-24)35(19-25-14-15-26(32)27(33)17-25)30(37)20-36(41(5,39)40)28-16-21(2)12-13-22(28)3/h7-17,23,29H,6,18-20H2,1-5H3,(H,34,38)/t23-,29+/m1/s1. The number of benzene rings is 3. The molecule has 3 rings (SSSR count). The molecule has 7 nitrogen and oxygen atoms in total. The van der Waals surface area contributed by atoms with Crippen molar-refractivity contribution in [2.75, 3.05) is 17.1 Å². The van der Waals surface area contributed by atoms with E-state index in [2.05, 4.69) is 5.32 Å². The van der Waals surface area contributed by atoms with Crippen LogP contribution in [0.3, 0.4) is 0 Å². The van der Waals surface area contributed by atoms with Gasteiger partial charge in [-0.15, -0.1) is 0 Å². The molecule has 0 bridgehead atoms. The van der Waals surface area contributed by atoms with Crippen molar-refractivity contribution >= 4 is 50.7 Å². The predicted molar refractivity (Wildman–Crippen MR) is 167 cm³/mol. The summed E-state index contributed by atoms with van der Waals surface area (Å²) in [5.41, 5.74) is 3.49. The summed E-state index contributed by atoms with van der Waals surface area (Å²) in [5, 5.41) is 3.69. The lowest BCUT2D eigenvalue weighted by Gasteiger charge is -2.34. The van der Waals surface area contributed by atoms with E-state index in [9.17, 15) is 18.0 Å². The van der Waals surface area contributed by atoms with Gasteiger partial charge in [0.25, 0.3) is 0 Å². The molecule has 0 aromatic heterocycles. The number of halogens is 2. The minimum Gasteiger partial charge on any atom is -0.352 e. The molecule has 0 heterocycles. The summed E-state index contributed by atoms with van der Waals surface area (Å²) < 4.78 is 27.1. The molecule has 41 heavy (non-hydrogen) atoms. The van der Waals surface area contributed by atoms with Gasteiger partial charge >= 0.3 is 0 Å². The highest BCUT2D eigenvalue weighted by atomic mass is 35.5. The Balaban J connectivity index is 2.11. The van der Waals surface area contributed by atoms with Gasteiger partial charge in [-0.25, -0.2) is 8.42 Å². The van der Waals surface area contributed by atoms with Crippen LogP contribution in [0, 0.1) is 13.8 Å². The van der Waals surface area contributed by atoms with E-state index in [4.69, 9.17) is 23.2 Å². The zero-order valence-corrected chi connectivity index (χ0v) is 26.4. The van der Waals surface area contributed by atoms with Gasteiger partial charge in [0, 0.05) is 19.0 Å². The van der Waals surface area contributed by atoms with Gasteiger partial charge in [-0.2, -0.15) is 0 Å². The summed E-state index contributed by atoms with van der Waals surface area (Å²) in [6, 6.07) is 18.8. The van der Waals surface area contributed by atoms with Gasteiger partial charge in [0.2, 0.25) is 21.8 Å². The van der Waals surface area contributed by atoms with Crippen molar-refractivity contribution in [2.24, 2.45) is 0 Å². The highest BCUT2D eigenvalue weighted by Gasteiger charge is 2.33. The number of nitrogens with one attached hydrogen (secondary N) is 1. The molecule has 0 fully saturated rings. The molecule has 0 aliphatic rings. The van der Waals surface area contributed by atoms with E-state index in [0.29, 0.717) is 33.3 Å². The molecule has 0 saturated heterocycles. The quantitative estimate of drug-likeness (QED) is 0.273. The Morgan fingerprint density at radius 2 is 1.61 bits per heavy atom. The fourth-order valence-electron chi connectivity index (χ4n) is 4.41. The lowest BCUT2D eigenvalue weighted by Crippen LogP contribution is -2.54. The number of rotatable bonds is 12. The van der Waals surface area contributed by atoms with Crippen LogP contribution in [0.5, 0.6) is 0 Å². The van der Waals surface area contributed by atoms with E-state index in [-0.39, 0.29) is 24.9 Å². The van der Waals surface area contributed by atoms with Crippen LogP contribution in [0.15, 0.2) is 66.7 Å². The first-order chi connectivity index (χ1) is 19.3. The van der Waals surface area contributed by atoms with E-state index < -0.39 is 28.5 Å². The fraction of sp³-hybridized carbons (Fsp3) is 0.355. The van der Waals surface area contributed by atoms with Crippen LogP contribution in [0.2, 0.25) is 10.0 Å². The Hall–Kier alpha value is -3.07. The number of amides is 2. The molecular formula is C31H37Cl2N3O4S. The van der Waals surface area contributed by atoms with Crippen LogP contribution in [0.1, 0.15) is 42.5 Å². The molecule has 0 radical (unpaired) electrons. The van der Waals surface area contributed by atoms with Crippen molar-refractivity contribution in [1.82, 2.24) is 10.2 Å². The van der Waals surface area contributed by atoms with Crippen molar-refractivity contribution in [3.8, 4) is 0 Å². The van der Waals surface area contributed by atoms with Gasteiger partial charge in [0.15, 0.2) is 0 Å². The van der Waals surface area contributed by atoms with Gasteiger partial charge in [0.1, 0.15) is 12.6 Å². The van der Waals surface area contributed by atoms with Crippen molar-refractivity contribution in [3.63, 3.8) is 0 Å². The number of carbonyl (C=O) groups is 2. The third kappa shape index (κ3) is 8.96. The number of sulfonamides is 1.